The molecule has 1 radical (unpaired) electrons. The smallest absolute Gasteiger partial charge is 0.0897 e. The molecule has 1 N–H and O–H groups in total. The van der Waals surface area contributed by atoms with E-state index in [0.29, 0.717) is 0 Å². The second-order valence-electron chi connectivity index (χ2n) is 2.80. The molecule has 11 heavy (non-hydrogen) atoms. The molecule has 0 heterocycles. The van der Waals surface area contributed by atoms with Crippen molar-refractivity contribution in [2.24, 2.45) is 0 Å². The van der Waals surface area contributed by atoms with Crippen LogP contribution < -0.4 is 0 Å². The predicted octanol–water partition coefficient (Wildman–Crippen LogP) is 2.12. The topological polar surface area (TPSA) is 20.2 Å². The number of rotatable bonds is 2. The minimum atomic E-state index is -0.790. The molecular formula is C10H13O. The van der Waals surface area contributed by atoms with Gasteiger partial charge in [-0.3, -0.25) is 0 Å². The molecule has 0 aliphatic rings. The summed E-state index contributed by atoms with van der Waals surface area (Å²) in [6, 6.07) is 9.62. The Kier molecular flexibility index (Phi) is 2.30. The zero-order chi connectivity index (χ0) is 8.32. The van der Waals surface area contributed by atoms with Crippen molar-refractivity contribution >= 4 is 0 Å². The fourth-order valence-electron chi connectivity index (χ4n) is 0.942. The Morgan fingerprint density at radius 2 is 1.82 bits per heavy atom. The van der Waals surface area contributed by atoms with Gasteiger partial charge in [-0.15, -0.1) is 0 Å². The average molecular weight is 149 g/mol. The molecule has 0 bridgehead atoms. The van der Waals surface area contributed by atoms with Crippen molar-refractivity contribution in [1.29, 1.82) is 0 Å². The predicted molar refractivity (Wildman–Crippen MR) is 46.0 cm³/mol. The summed E-state index contributed by atoms with van der Waals surface area (Å²) in [6.45, 7) is 3.63. The zero-order valence-corrected chi connectivity index (χ0v) is 6.91. The van der Waals surface area contributed by atoms with Crippen LogP contribution in [-0.4, -0.2) is 5.11 Å². The van der Waals surface area contributed by atoms with E-state index in [-0.39, 0.29) is 0 Å². The SMILES string of the molecule is C[CH]C(C)(O)c1ccccc1. The molecule has 1 aromatic rings. The molecular weight excluding hydrogens is 136 g/mol. The standard InChI is InChI=1S/C10H13O/c1-3-10(2,11)9-7-5-4-6-8-9/h3-8,11H,1-2H3. The highest BCUT2D eigenvalue weighted by molar-refractivity contribution is 5.23. The first-order valence-electron chi connectivity index (χ1n) is 3.75. The van der Waals surface area contributed by atoms with E-state index in [1.807, 2.05) is 37.3 Å². The summed E-state index contributed by atoms with van der Waals surface area (Å²) in [5.74, 6) is 0. The highest BCUT2D eigenvalue weighted by Gasteiger charge is 2.19. The van der Waals surface area contributed by atoms with Gasteiger partial charge in [-0.2, -0.15) is 0 Å². The minimum absolute atomic E-state index is 0.790. The monoisotopic (exact) mass is 149 g/mol. The summed E-state index contributed by atoms with van der Waals surface area (Å²) < 4.78 is 0. The Labute approximate surface area is 67.7 Å². The van der Waals surface area contributed by atoms with Crippen LogP contribution in [-0.2, 0) is 5.60 Å². The molecule has 0 fully saturated rings. The van der Waals surface area contributed by atoms with Crippen molar-refractivity contribution in [3.8, 4) is 0 Å². The fraction of sp³-hybridized carbons (Fsp3) is 0.300. The van der Waals surface area contributed by atoms with Crippen LogP contribution >= 0.6 is 0 Å². The lowest BCUT2D eigenvalue weighted by Crippen LogP contribution is -2.19. The Morgan fingerprint density at radius 3 is 2.27 bits per heavy atom. The van der Waals surface area contributed by atoms with Gasteiger partial charge < -0.3 is 5.11 Å². The van der Waals surface area contributed by atoms with Crippen LogP contribution in [0.2, 0.25) is 0 Å². The molecule has 1 aromatic carbocycles. The molecule has 0 aliphatic heterocycles. The number of benzene rings is 1. The molecule has 1 unspecified atom stereocenters. The van der Waals surface area contributed by atoms with E-state index in [1.54, 1.807) is 13.3 Å². The van der Waals surface area contributed by atoms with Gasteiger partial charge in [0.25, 0.3) is 0 Å². The van der Waals surface area contributed by atoms with Crippen molar-refractivity contribution < 1.29 is 5.11 Å². The van der Waals surface area contributed by atoms with E-state index in [9.17, 15) is 5.11 Å². The molecule has 0 saturated carbocycles. The lowest BCUT2D eigenvalue weighted by Gasteiger charge is -2.20. The lowest BCUT2D eigenvalue weighted by molar-refractivity contribution is 0.0934. The zero-order valence-electron chi connectivity index (χ0n) is 6.91. The third-order valence-electron chi connectivity index (χ3n) is 1.92. The van der Waals surface area contributed by atoms with Gasteiger partial charge in [0.05, 0.1) is 5.60 Å². The molecule has 0 aliphatic carbocycles. The molecule has 1 rings (SSSR count). The van der Waals surface area contributed by atoms with Crippen molar-refractivity contribution in [2.75, 3.05) is 0 Å². The van der Waals surface area contributed by atoms with Crippen molar-refractivity contribution in [1.82, 2.24) is 0 Å². The second kappa shape index (κ2) is 3.05. The minimum Gasteiger partial charge on any atom is -0.385 e. The van der Waals surface area contributed by atoms with Gasteiger partial charge in [0.2, 0.25) is 0 Å². The maximum Gasteiger partial charge on any atom is 0.0897 e. The highest BCUT2D eigenvalue weighted by atomic mass is 16.3. The summed E-state index contributed by atoms with van der Waals surface area (Å²) in [6.07, 6.45) is 1.78. The van der Waals surface area contributed by atoms with Crippen molar-refractivity contribution in [2.45, 2.75) is 19.4 Å². The van der Waals surface area contributed by atoms with Crippen LogP contribution in [0.3, 0.4) is 0 Å². The largest absolute Gasteiger partial charge is 0.385 e. The van der Waals surface area contributed by atoms with Crippen LogP contribution in [0, 0.1) is 6.42 Å². The van der Waals surface area contributed by atoms with Gasteiger partial charge in [0.1, 0.15) is 0 Å². The maximum absolute atomic E-state index is 9.74. The molecule has 0 spiro atoms. The molecule has 0 saturated heterocycles. The van der Waals surface area contributed by atoms with E-state index in [0.717, 1.165) is 5.56 Å². The van der Waals surface area contributed by atoms with E-state index >= 15 is 0 Å². The molecule has 0 amide bonds. The maximum atomic E-state index is 9.74. The summed E-state index contributed by atoms with van der Waals surface area (Å²) >= 11 is 0. The number of hydrogen-bond donors (Lipinski definition) is 1. The van der Waals surface area contributed by atoms with Gasteiger partial charge in [-0.25, -0.2) is 0 Å². The van der Waals surface area contributed by atoms with Gasteiger partial charge in [-0.1, -0.05) is 37.3 Å². The summed E-state index contributed by atoms with van der Waals surface area (Å²) in [5, 5.41) is 9.74. The summed E-state index contributed by atoms with van der Waals surface area (Å²) in [5.41, 5.74) is 0.142. The Bertz CT molecular complexity index is 214. The fourth-order valence-corrected chi connectivity index (χ4v) is 0.942. The lowest BCUT2D eigenvalue weighted by atomic mass is 9.94. The summed E-state index contributed by atoms with van der Waals surface area (Å²) in [7, 11) is 0. The number of aliphatic hydroxyl groups is 1. The van der Waals surface area contributed by atoms with Crippen molar-refractivity contribution in [3.05, 3.63) is 42.3 Å². The van der Waals surface area contributed by atoms with Crippen LogP contribution in [0.15, 0.2) is 30.3 Å². The quantitative estimate of drug-likeness (QED) is 0.682. The van der Waals surface area contributed by atoms with Gasteiger partial charge >= 0.3 is 0 Å². The second-order valence-corrected chi connectivity index (χ2v) is 2.80. The molecule has 59 valence electrons. The van der Waals surface area contributed by atoms with Gasteiger partial charge in [-0.05, 0) is 18.9 Å². The van der Waals surface area contributed by atoms with Crippen LogP contribution in [0.5, 0.6) is 0 Å². The molecule has 1 nitrogen and oxygen atoms in total. The van der Waals surface area contributed by atoms with Crippen molar-refractivity contribution in [3.63, 3.8) is 0 Å². The Morgan fingerprint density at radius 1 is 1.27 bits per heavy atom. The van der Waals surface area contributed by atoms with Crippen LogP contribution in [0.4, 0.5) is 0 Å². The van der Waals surface area contributed by atoms with Gasteiger partial charge in [0, 0.05) is 0 Å². The highest BCUT2D eigenvalue weighted by Crippen LogP contribution is 2.22. The first-order chi connectivity index (χ1) is 5.17. The Balaban J connectivity index is 2.93. The average Bonchev–Trinajstić information content (AvgIpc) is 2.06. The van der Waals surface area contributed by atoms with E-state index in [2.05, 4.69) is 0 Å². The van der Waals surface area contributed by atoms with E-state index < -0.39 is 5.60 Å². The first-order valence-corrected chi connectivity index (χ1v) is 3.75. The molecule has 0 aromatic heterocycles. The third-order valence-corrected chi connectivity index (χ3v) is 1.92. The Hall–Kier alpha value is -0.820. The number of hydrogen-bond acceptors (Lipinski definition) is 1. The van der Waals surface area contributed by atoms with Crippen LogP contribution in [0.1, 0.15) is 19.4 Å². The molecule has 1 atom stereocenters. The van der Waals surface area contributed by atoms with E-state index in [1.165, 1.54) is 0 Å². The van der Waals surface area contributed by atoms with E-state index in [4.69, 9.17) is 0 Å². The van der Waals surface area contributed by atoms with Crippen LogP contribution in [0.25, 0.3) is 0 Å². The third kappa shape index (κ3) is 1.81. The summed E-state index contributed by atoms with van der Waals surface area (Å²) in [4.78, 5) is 0. The molecule has 1 heteroatoms. The van der Waals surface area contributed by atoms with Gasteiger partial charge in [0.15, 0.2) is 0 Å². The first kappa shape index (κ1) is 8.28. The normalized spacial score (nSPS) is 15.9.